The molecule has 4 nitrogen and oxygen atoms in total. The number of rotatable bonds is 1. The molecule has 10 heavy (non-hydrogen) atoms. The minimum atomic E-state index is -0.430. The Morgan fingerprint density at radius 2 is 2.50 bits per heavy atom. The van der Waals surface area contributed by atoms with Crippen molar-refractivity contribution in [2.24, 2.45) is 0 Å². The van der Waals surface area contributed by atoms with Crippen LogP contribution in [0.2, 0.25) is 5.02 Å². The molecule has 1 heterocycles. The van der Waals surface area contributed by atoms with E-state index in [1.54, 1.807) is 0 Å². The van der Waals surface area contributed by atoms with Crippen molar-refractivity contribution in [3.05, 3.63) is 27.4 Å². The molecule has 0 amide bonds. The highest BCUT2D eigenvalue weighted by Crippen LogP contribution is 1.95. The zero-order chi connectivity index (χ0) is 7.56. The van der Waals surface area contributed by atoms with Gasteiger partial charge in [0.2, 0.25) is 0 Å². The molecule has 0 radical (unpaired) electrons. The second-order valence-electron chi connectivity index (χ2n) is 1.67. The number of nitrogens with zero attached hydrogens (tertiary/aromatic N) is 1. The van der Waals surface area contributed by atoms with Crippen LogP contribution in [0.5, 0.6) is 0 Å². The Kier molecular flexibility index (Phi) is 2.03. The van der Waals surface area contributed by atoms with E-state index in [0.29, 0.717) is 0 Å². The fourth-order valence-electron chi connectivity index (χ4n) is 0.497. The van der Waals surface area contributed by atoms with E-state index < -0.39 is 5.56 Å². The van der Waals surface area contributed by atoms with Gasteiger partial charge in [0.25, 0.3) is 5.56 Å². The van der Waals surface area contributed by atoms with Crippen LogP contribution in [0.1, 0.15) is 5.82 Å². The maximum Gasteiger partial charge on any atom is 0.269 e. The number of aromatic nitrogens is 2. The Balaban J connectivity index is 3.17. The summed E-state index contributed by atoms with van der Waals surface area (Å²) in [7, 11) is 0. The summed E-state index contributed by atoms with van der Waals surface area (Å²) in [5.41, 5.74) is -0.430. The Hall–Kier alpha value is -0.870. The molecule has 0 saturated heterocycles. The molecule has 5 heteroatoms. The minimum Gasteiger partial charge on any atom is -0.388 e. The summed E-state index contributed by atoms with van der Waals surface area (Å²) in [6.07, 6.45) is 1.20. The fourth-order valence-corrected chi connectivity index (χ4v) is 0.593. The summed E-state index contributed by atoms with van der Waals surface area (Å²) in [6.45, 7) is -0.285. The van der Waals surface area contributed by atoms with Gasteiger partial charge in [-0.2, -0.15) is 0 Å². The third kappa shape index (κ3) is 1.34. The zero-order valence-electron chi connectivity index (χ0n) is 4.97. The second kappa shape index (κ2) is 2.81. The molecule has 0 aliphatic carbocycles. The van der Waals surface area contributed by atoms with Crippen molar-refractivity contribution in [2.45, 2.75) is 6.61 Å². The van der Waals surface area contributed by atoms with Crippen LogP contribution in [0.25, 0.3) is 0 Å². The number of H-pyrrole nitrogens is 1. The van der Waals surface area contributed by atoms with E-state index in [0.717, 1.165) is 0 Å². The van der Waals surface area contributed by atoms with Gasteiger partial charge in [0.05, 0.1) is 6.20 Å². The van der Waals surface area contributed by atoms with E-state index in [-0.39, 0.29) is 17.5 Å². The van der Waals surface area contributed by atoms with Gasteiger partial charge < -0.3 is 10.1 Å². The Bertz CT molecular complexity index is 283. The lowest BCUT2D eigenvalue weighted by Gasteiger charge is -1.92. The molecule has 1 aromatic rings. The number of hydrogen-bond acceptors (Lipinski definition) is 3. The number of nitrogens with one attached hydrogen (secondary N) is 1. The smallest absolute Gasteiger partial charge is 0.269 e. The van der Waals surface area contributed by atoms with E-state index >= 15 is 0 Å². The normalized spacial score (nSPS) is 9.80. The lowest BCUT2D eigenvalue weighted by molar-refractivity contribution is 0.271. The summed E-state index contributed by atoms with van der Waals surface area (Å²) in [4.78, 5) is 16.6. The highest BCUT2D eigenvalue weighted by molar-refractivity contribution is 6.30. The molecule has 1 rings (SSSR count). The second-order valence-corrected chi connectivity index (χ2v) is 2.07. The molecule has 0 atom stereocenters. The average molecular weight is 161 g/mol. The maximum absolute atomic E-state index is 10.7. The first-order valence-electron chi connectivity index (χ1n) is 2.58. The molecule has 0 aliphatic rings. The first kappa shape index (κ1) is 7.24. The predicted molar refractivity (Wildman–Crippen MR) is 35.8 cm³/mol. The van der Waals surface area contributed by atoms with E-state index in [2.05, 4.69) is 9.97 Å². The van der Waals surface area contributed by atoms with Crippen molar-refractivity contribution in [2.75, 3.05) is 0 Å². The molecule has 2 N–H and O–H groups in total. The molecule has 0 saturated carbocycles. The van der Waals surface area contributed by atoms with E-state index in [1.165, 1.54) is 6.20 Å². The molecule has 0 fully saturated rings. The maximum atomic E-state index is 10.7. The Labute approximate surface area is 61.5 Å². The van der Waals surface area contributed by atoms with Crippen LogP contribution >= 0.6 is 11.6 Å². The molecule has 0 aliphatic heterocycles. The summed E-state index contributed by atoms with van der Waals surface area (Å²) in [5.74, 6) is 0.217. The number of aliphatic hydroxyl groups excluding tert-OH is 1. The number of aliphatic hydroxyl groups is 1. The van der Waals surface area contributed by atoms with Gasteiger partial charge in [-0.1, -0.05) is 11.6 Å². The van der Waals surface area contributed by atoms with E-state index in [1.807, 2.05) is 0 Å². The van der Waals surface area contributed by atoms with Crippen molar-refractivity contribution >= 4 is 11.6 Å². The topological polar surface area (TPSA) is 66.0 Å². The third-order valence-electron chi connectivity index (χ3n) is 0.958. The molecular weight excluding hydrogens is 156 g/mol. The number of halogens is 1. The van der Waals surface area contributed by atoms with E-state index in [9.17, 15) is 4.79 Å². The van der Waals surface area contributed by atoms with Gasteiger partial charge in [0.1, 0.15) is 17.5 Å². The first-order chi connectivity index (χ1) is 4.74. The van der Waals surface area contributed by atoms with Gasteiger partial charge in [-0.05, 0) is 0 Å². The van der Waals surface area contributed by atoms with Crippen molar-refractivity contribution in [3.8, 4) is 0 Å². The minimum absolute atomic E-state index is 0.0252. The average Bonchev–Trinajstić information content (AvgIpc) is 1.95. The molecule has 0 bridgehead atoms. The lowest BCUT2D eigenvalue weighted by Crippen LogP contribution is -2.10. The van der Waals surface area contributed by atoms with Gasteiger partial charge in [-0.3, -0.25) is 4.79 Å². The summed E-state index contributed by atoms with van der Waals surface area (Å²) in [6, 6.07) is 0. The predicted octanol–water partition coefficient (Wildman–Crippen LogP) is -0.0844. The Morgan fingerprint density at radius 3 is 3.00 bits per heavy atom. The highest BCUT2D eigenvalue weighted by Gasteiger charge is 1.96. The molecule has 0 unspecified atom stereocenters. The van der Waals surface area contributed by atoms with Crippen LogP contribution in [-0.2, 0) is 6.61 Å². The number of aromatic amines is 1. The van der Waals surface area contributed by atoms with E-state index in [4.69, 9.17) is 16.7 Å². The van der Waals surface area contributed by atoms with Crippen LogP contribution in [0.3, 0.4) is 0 Å². The first-order valence-corrected chi connectivity index (χ1v) is 2.96. The summed E-state index contributed by atoms with van der Waals surface area (Å²) < 4.78 is 0. The largest absolute Gasteiger partial charge is 0.388 e. The van der Waals surface area contributed by atoms with Gasteiger partial charge in [-0.15, -0.1) is 0 Å². The van der Waals surface area contributed by atoms with Crippen molar-refractivity contribution in [3.63, 3.8) is 0 Å². The Morgan fingerprint density at radius 1 is 1.80 bits per heavy atom. The lowest BCUT2D eigenvalue weighted by atomic mass is 10.6. The molecule has 1 aromatic heterocycles. The standard InChI is InChI=1S/C5H5ClN2O2/c6-3-1-7-4(2-9)8-5(3)10/h1,9H,2H2,(H,7,8,10). The highest BCUT2D eigenvalue weighted by atomic mass is 35.5. The third-order valence-corrected chi connectivity index (χ3v) is 1.23. The summed E-state index contributed by atoms with van der Waals surface area (Å²) in [5, 5.41) is 8.50. The van der Waals surface area contributed by atoms with Gasteiger partial charge in [-0.25, -0.2) is 4.98 Å². The van der Waals surface area contributed by atoms with Crippen molar-refractivity contribution < 1.29 is 5.11 Å². The van der Waals surface area contributed by atoms with Crippen LogP contribution in [0.15, 0.2) is 11.0 Å². The van der Waals surface area contributed by atoms with Gasteiger partial charge in [0.15, 0.2) is 0 Å². The van der Waals surface area contributed by atoms with Crippen LogP contribution < -0.4 is 5.56 Å². The van der Waals surface area contributed by atoms with Gasteiger partial charge >= 0.3 is 0 Å². The van der Waals surface area contributed by atoms with Crippen LogP contribution in [0.4, 0.5) is 0 Å². The SMILES string of the molecule is O=c1[nH]c(CO)ncc1Cl. The van der Waals surface area contributed by atoms with Crippen LogP contribution in [0, 0.1) is 0 Å². The monoisotopic (exact) mass is 160 g/mol. The quantitative estimate of drug-likeness (QED) is 0.604. The van der Waals surface area contributed by atoms with Gasteiger partial charge in [0, 0.05) is 0 Å². The fraction of sp³-hybridized carbons (Fsp3) is 0.200. The molecule has 54 valence electrons. The number of hydrogen-bond donors (Lipinski definition) is 2. The molecule has 0 aromatic carbocycles. The van der Waals surface area contributed by atoms with Crippen molar-refractivity contribution in [1.82, 2.24) is 9.97 Å². The van der Waals surface area contributed by atoms with Crippen LogP contribution in [-0.4, -0.2) is 15.1 Å². The summed E-state index contributed by atoms with van der Waals surface area (Å²) >= 11 is 5.35. The van der Waals surface area contributed by atoms with Crippen molar-refractivity contribution in [1.29, 1.82) is 0 Å². The molecular formula is C5H5ClN2O2. The molecule has 0 spiro atoms. The zero-order valence-corrected chi connectivity index (χ0v) is 5.72.